The van der Waals surface area contributed by atoms with Crippen LogP contribution in [-0.2, 0) is 20.7 Å². The Balaban J connectivity index is 2.65. The van der Waals surface area contributed by atoms with E-state index in [9.17, 15) is 4.79 Å². The maximum atomic E-state index is 12.8. The normalized spacial score (nSPS) is 17.9. The van der Waals surface area contributed by atoms with Crippen LogP contribution in [-0.4, -0.2) is 24.8 Å². The van der Waals surface area contributed by atoms with E-state index in [-0.39, 0.29) is 11.4 Å². The molecule has 0 amide bonds. The van der Waals surface area contributed by atoms with Crippen LogP contribution in [0.1, 0.15) is 90.3 Å². The van der Waals surface area contributed by atoms with Gasteiger partial charge in [0.25, 0.3) is 0 Å². The van der Waals surface area contributed by atoms with Crippen LogP contribution in [0.4, 0.5) is 0 Å². The lowest BCUT2D eigenvalue weighted by atomic mass is 9.68. The van der Waals surface area contributed by atoms with Gasteiger partial charge < -0.3 is 9.47 Å². The Bertz CT molecular complexity index is 750. The highest BCUT2D eigenvalue weighted by Crippen LogP contribution is 2.48. The lowest BCUT2D eigenvalue weighted by Gasteiger charge is -2.39. The third-order valence-electron chi connectivity index (χ3n) is 5.89. The number of carbonyl (C=O) groups is 1. The van der Waals surface area contributed by atoms with Gasteiger partial charge in [-0.15, -0.1) is 0 Å². The summed E-state index contributed by atoms with van der Waals surface area (Å²) in [5.41, 5.74) is 5.89. The molecule has 0 bridgehead atoms. The second-order valence-corrected chi connectivity index (χ2v) is 10.0. The zero-order chi connectivity index (χ0) is 21.8. The highest BCUT2D eigenvalue weighted by Gasteiger charge is 2.38. The van der Waals surface area contributed by atoms with Gasteiger partial charge in [-0.05, 0) is 93.1 Å². The minimum atomic E-state index is -0.657. The van der Waals surface area contributed by atoms with Gasteiger partial charge >= 0.3 is 5.97 Å². The van der Waals surface area contributed by atoms with Crippen LogP contribution in [0.3, 0.4) is 0 Å². The van der Waals surface area contributed by atoms with Crippen LogP contribution in [0, 0.1) is 12.3 Å². The number of ether oxygens (including phenoxy) is 2. The number of esters is 1. The molecule has 1 aromatic carbocycles. The average Bonchev–Trinajstić information content (AvgIpc) is 2.63. The molecule has 1 aliphatic carbocycles. The zero-order valence-corrected chi connectivity index (χ0v) is 19.8. The molecule has 0 saturated heterocycles. The van der Waals surface area contributed by atoms with Crippen molar-refractivity contribution in [3.05, 3.63) is 40.5 Å². The fourth-order valence-electron chi connectivity index (χ4n) is 4.43. The monoisotopic (exact) mass is 400 g/mol. The van der Waals surface area contributed by atoms with Crippen LogP contribution in [0.25, 0.3) is 5.57 Å². The number of allylic oxidation sites excluding steroid dienone is 1. The van der Waals surface area contributed by atoms with E-state index in [1.807, 2.05) is 20.8 Å². The van der Waals surface area contributed by atoms with Crippen molar-refractivity contribution in [3.8, 4) is 0 Å². The number of methoxy groups -OCH3 is 1. The fraction of sp³-hybridized carbons (Fsp3) is 0.654. The molecule has 162 valence electrons. The van der Waals surface area contributed by atoms with Crippen molar-refractivity contribution >= 4 is 11.5 Å². The Labute approximate surface area is 177 Å². The lowest BCUT2D eigenvalue weighted by Crippen LogP contribution is -2.38. The van der Waals surface area contributed by atoms with Crippen LogP contribution in [0.5, 0.6) is 0 Å². The number of carbonyl (C=O) groups excluding carboxylic acids is 1. The SMILES string of the molecule is CCCCc1cc(C2=C(C(OC(C)(C)C)C(=O)OC)CCCC2(C)C)ccc1C. The molecular weight excluding hydrogens is 360 g/mol. The van der Waals surface area contributed by atoms with Gasteiger partial charge in [0.1, 0.15) is 0 Å². The van der Waals surface area contributed by atoms with Gasteiger partial charge in [-0.25, -0.2) is 4.79 Å². The van der Waals surface area contributed by atoms with Crippen LogP contribution in [0.2, 0.25) is 0 Å². The quantitative estimate of drug-likeness (QED) is 0.480. The summed E-state index contributed by atoms with van der Waals surface area (Å²) >= 11 is 0. The third-order valence-corrected chi connectivity index (χ3v) is 5.89. The Hall–Kier alpha value is -1.61. The maximum Gasteiger partial charge on any atom is 0.339 e. The summed E-state index contributed by atoms with van der Waals surface area (Å²) in [5, 5.41) is 0. The minimum Gasteiger partial charge on any atom is -0.467 e. The molecule has 0 aromatic heterocycles. The molecule has 0 spiro atoms. The molecule has 0 N–H and O–H groups in total. The molecule has 1 unspecified atom stereocenters. The Morgan fingerprint density at radius 2 is 1.93 bits per heavy atom. The van der Waals surface area contributed by atoms with E-state index in [0.717, 1.165) is 31.3 Å². The first-order chi connectivity index (χ1) is 13.5. The number of hydrogen-bond donors (Lipinski definition) is 0. The molecule has 1 aliphatic rings. The fourth-order valence-corrected chi connectivity index (χ4v) is 4.43. The summed E-state index contributed by atoms with van der Waals surface area (Å²) < 4.78 is 11.4. The van der Waals surface area contributed by atoms with Crippen molar-refractivity contribution in [3.63, 3.8) is 0 Å². The van der Waals surface area contributed by atoms with Crippen molar-refractivity contribution in [2.45, 2.75) is 98.7 Å². The van der Waals surface area contributed by atoms with E-state index >= 15 is 0 Å². The second-order valence-electron chi connectivity index (χ2n) is 10.0. The summed E-state index contributed by atoms with van der Waals surface area (Å²) in [6.45, 7) is 15.0. The topological polar surface area (TPSA) is 35.5 Å². The van der Waals surface area contributed by atoms with E-state index in [1.54, 1.807) is 0 Å². The molecule has 0 aliphatic heterocycles. The molecule has 0 heterocycles. The maximum absolute atomic E-state index is 12.8. The number of hydrogen-bond acceptors (Lipinski definition) is 3. The Morgan fingerprint density at radius 1 is 1.24 bits per heavy atom. The molecule has 1 atom stereocenters. The summed E-state index contributed by atoms with van der Waals surface area (Å²) in [7, 11) is 1.45. The van der Waals surface area contributed by atoms with Crippen LogP contribution >= 0.6 is 0 Å². The highest BCUT2D eigenvalue weighted by molar-refractivity contribution is 5.85. The molecule has 0 radical (unpaired) electrons. The van der Waals surface area contributed by atoms with Gasteiger partial charge in [0, 0.05) is 0 Å². The summed E-state index contributed by atoms with van der Waals surface area (Å²) in [6, 6.07) is 6.80. The van der Waals surface area contributed by atoms with Gasteiger partial charge in [-0.2, -0.15) is 0 Å². The van der Waals surface area contributed by atoms with Gasteiger partial charge in [0.15, 0.2) is 6.10 Å². The van der Waals surface area contributed by atoms with Crippen molar-refractivity contribution in [1.82, 2.24) is 0 Å². The Kier molecular flexibility index (Phi) is 7.73. The predicted molar refractivity (Wildman–Crippen MR) is 121 cm³/mol. The number of rotatable bonds is 7. The van der Waals surface area contributed by atoms with Gasteiger partial charge in [0.05, 0.1) is 12.7 Å². The van der Waals surface area contributed by atoms with Gasteiger partial charge in [-0.3, -0.25) is 0 Å². The van der Waals surface area contributed by atoms with Crippen LogP contribution < -0.4 is 0 Å². The largest absolute Gasteiger partial charge is 0.467 e. The molecule has 3 nitrogen and oxygen atoms in total. The summed E-state index contributed by atoms with van der Waals surface area (Å²) in [5.74, 6) is -0.302. The first kappa shape index (κ1) is 23.7. The number of unbranched alkanes of at least 4 members (excludes halogenated alkanes) is 1. The lowest BCUT2D eigenvalue weighted by molar-refractivity contribution is -0.159. The second kappa shape index (κ2) is 9.47. The van der Waals surface area contributed by atoms with E-state index in [2.05, 4.69) is 45.9 Å². The van der Waals surface area contributed by atoms with Crippen molar-refractivity contribution < 1.29 is 14.3 Å². The highest BCUT2D eigenvalue weighted by atomic mass is 16.6. The first-order valence-corrected chi connectivity index (χ1v) is 11.1. The summed E-state index contributed by atoms with van der Waals surface area (Å²) in [6.07, 6.45) is 5.85. The molecule has 2 rings (SSSR count). The van der Waals surface area contributed by atoms with Crippen molar-refractivity contribution in [1.29, 1.82) is 0 Å². The predicted octanol–water partition coefficient (Wildman–Crippen LogP) is 6.66. The molecule has 29 heavy (non-hydrogen) atoms. The van der Waals surface area contributed by atoms with E-state index in [4.69, 9.17) is 9.47 Å². The molecule has 0 fully saturated rings. The van der Waals surface area contributed by atoms with Crippen molar-refractivity contribution in [2.75, 3.05) is 7.11 Å². The van der Waals surface area contributed by atoms with E-state index in [1.165, 1.54) is 42.2 Å². The molecule has 1 aromatic rings. The summed E-state index contributed by atoms with van der Waals surface area (Å²) in [4.78, 5) is 12.8. The first-order valence-electron chi connectivity index (χ1n) is 11.1. The zero-order valence-electron chi connectivity index (χ0n) is 19.8. The van der Waals surface area contributed by atoms with Gasteiger partial charge in [0.2, 0.25) is 0 Å². The molecule has 3 heteroatoms. The third kappa shape index (κ3) is 5.94. The molecular formula is C26H40O3. The van der Waals surface area contributed by atoms with Crippen molar-refractivity contribution in [2.24, 2.45) is 5.41 Å². The van der Waals surface area contributed by atoms with Crippen LogP contribution in [0.15, 0.2) is 23.8 Å². The molecule has 0 saturated carbocycles. The van der Waals surface area contributed by atoms with Gasteiger partial charge in [-0.1, -0.05) is 45.4 Å². The average molecular weight is 401 g/mol. The van der Waals surface area contributed by atoms with E-state index in [0.29, 0.717) is 0 Å². The number of benzene rings is 1. The minimum absolute atomic E-state index is 0.0155. The smallest absolute Gasteiger partial charge is 0.339 e. The standard InChI is InChI=1S/C26H40O3/c1-9-10-12-19-17-20(15-14-18(19)2)22-21(13-11-16-26(22,6)7)23(24(27)28-8)29-25(3,4)5/h14-15,17,23H,9-13,16H2,1-8H3. The van der Waals surface area contributed by atoms with E-state index < -0.39 is 11.7 Å². The Morgan fingerprint density at radius 3 is 2.52 bits per heavy atom. The number of aryl methyl sites for hydroxylation is 2.